The van der Waals surface area contributed by atoms with Crippen molar-refractivity contribution in [1.82, 2.24) is 15.3 Å². The van der Waals surface area contributed by atoms with E-state index < -0.39 is 17.7 Å². The van der Waals surface area contributed by atoms with Crippen LogP contribution in [0.3, 0.4) is 0 Å². The third-order valence-electron chi connectivity index (χ3n) is 6.58. The molecule has 5 rings (SSSR count). The Morgan fingerprint density at radius 1 is 1.19 bits per heavy atom. The van der Waals surface area contributed by atoms with Crippen LogP contribution in [-0.2, 0) is 12.6 Å². The fourth-order valence-corrected chi connectivity index (χ4v) is 5.97. The highest BCUT2D eigenvalue weighted by molar-refractivity contribution is 7.17. The smallest absolute Gasteiger partial charge is 0.416 e. The summed E-state index contributed by atoms with van der Waals surface area (Å²) in [6.07, 6.45) is -4.33. The molecule has 36 heavy (non-hydrogen) atoms. The highest BCUT2D eigenvalue weighted by Crippen LogP contribution is 2.48. The lowest BCUT2D eigenvalue weighted by atomic mass is 10.1. The van der Waals surface area contributed by atoms with Gasteiger partial charge in [0.2, 0.25) is 0 Å². The summed E-state index contributed by atoms with van der Waals surface area (Å²) in [6.45, 7) is 2.92. The van der Waals surface area contributed by atoms with E-state index in [1.165, 1.54) is 12.1 Å². The average molecular weight is 559 g/mol. The number of hydrogen-bond donors (Lipinski definition) is 3. The van der Waals surface area contributed by atoms with Crippen molar-refractivity contribution in [1.29, 1.82) is 0 Å². The van der Waals surface area contributed by atoms with Gasteiger partial charge in [-0.1, -0.05) is 46.7 Å². The van der Waals surface area contributed by atoms with Gasteiger partial charge in [-0.2, -0.15) is 13.2 Å². The molecule has 3 heterocycles. The van der Waals surface area contributed by atoms with Crippen molar-refractivity contribution in [3.63, 3.8) is 0 Å². The molecule has 2 fully saturated rings. The summed E-state index contributed by atoms with van der Waals surface area (Å²) in [5.74, 6) is -1.08. The Morgan fingerprint density at radius 2 is 1.83 bits per heavy atom. The van der Waals surface area contributed by atoms with Gasteiger partial charge in [0.25, 0.3) is 5.91 Å². The molecule has 0 unspecified atom stereocenters. The highest BCUT2D eigenvalue weighted by atomic mass is 35.5. The number of amides is 1. The van der Waals surface area contributed by atoms with Gasteiger partial charge in [0, 0.05) is 43.1 Å². The second-order valence-corrected chi connectivity index (χ2v) is 10.7. The summed E-state index contributed by atoms with van der Waals surface area (Å²) in [5.41, 5.74) is 0.909. The van der Waals surface area contributed by atoms with E-state index in [0.29, 0.717) is 40.2 Å². The van der Waals surface area contributed by atoms with Gasteiger partial charge >= 0.3 is 12.1 Å². The van der Waals surface area contributed by atoms with Crippen LogP contribution < -0.4 is 10.2 Å². The highest BCUT2D eigenvalue weighted by Gasteiger charge is 2.57. The van der Waals surface area contributed by atoms with Crippen LogP contribution in [0, 0.1) is 18.8 Å². The van der Waals surface area contributed by atoms with Crippen molar-refractivity contribution in [2.75, 3.05) is 18.0 Å². The number of aromatic nitrogens is 2. The lowest BCUT2D eigenvalue weighted by Crippen LogP contribution is -2.34. The van der Waals surface area contributed by atoms with Crippen LogP contribution in [0.1, 0.15) is 42.7 Å². The Bertz CT molecular complexity index is 1340. The van der Waals surface area contributed by atoms with Crippen LogP contribution in [0.5, 0.6) is 0 Å². The van der Waals surface area contributed by atoms with Crippen LogP contribution in [0.15, 0.2) is 24.3 Å². The lowest BCUT2D eigenvalue weighted by molar-refractivity contribution is -0.137. The van der Waals surface area contributed by atoms with Gasteiger partial charge in [-0.05, 0) is 24.6 Å². The maximum Gasteiger partial charge on any atom is 0.416 e. The van der Waals surface area contributed by atoms with Crippen LogP contribution in [0.25, 0.3) is 0 Å². The molecule has 3 aromatic rings. The minimum Gasteiger partial charge on any atom is -0.477 e. The first-order valence-corrected chi connectivity index (χ1v) is 12.5. The Hall–Kier alpha value is -2.76. The number of rotatable bonds is 6. The predicted molar refractivity (Wildman–Crippen MR) is 129 cm³/mol. The number of alkyl halides is 3. The van der Waals surface area contributed by atoms with Crippen LogP contribution in [0.4, 0.5) is 18.3 Å². The average Bonchev–Trinajstić information content (AvgIpc) is 3.18. The van der Waals surface area contributed by atoms with Gasteiger partial charge in [-0.15, -0.1) is 0 Å². The van der Waals surface area contributed by atoms with Gasteiger partial charge in [0.1, 0.15) is 10.6 Å². The number of hydrogen-bond acceptors (Lipinski definition) is 5. The number of fused-ring (bicyclic) bond motifs is 1. The van der Waals surface area contributed by atoms with Gasteiger partial charge in [-0.3, -0.25) is 4.79 Å². The molecule has 1 saturated carbocycles. The molecule has 0 bridgehead atoms. The number of piperidine rings is 1. The Kier molecular flexibility index (Phi) is 6.20. The number of carbonyl (C=O) groups is 2. The largest absolute Gasteiger partial charge is 0.477 e. The number of carboxylic acid groups (broad SMARTS) is 1. The number of nitrogens with zero attached hydrogens (tertiary/aromatic N) is 2. The SMILES string of the molecule is Cc1[nH]c(C(=O)N[C@@H]2[C@@H]3CN(c4nc(Cc5ccc(C(F)(F)F)cc5)c(C(=O)O)s4)C[C@@H]32)c(Cl)c1Cl. The number of H-pyrrole nitrogens is 1. The summed E-state index contributed by atoms with van der Waals surface area (Å²) in [4.78, 5) is 33.8. The summed E-state index contributed by atoms with van der Waals surface area (Å²) in [6, 6.07) is 4.58. The number of anilines is 1. The molecular weight excluding hydrogens is 540 g/mol. The second kappa shape index (κ2) is 8.97. The number of aromatic amines is 1. The van der Waals surface area contributed by atoms with E-state index in [1.54, 1.807) is 6.92 Å². The van der Waals surface area contributed by atoms with E-state index in [-0.39, 0.29) is 45.8 Å². The molecule has 13 heteroatoms. The van der Waals surface area contributed by atoms with Crippen molar-refractivity contribution in [2.24, 2.45) is 11.8 Å². The van der Waals surface area contributed by atoms with Crippen LogP contribution in [-0.4, -0.2) is 46.1 Å². The molecule has 190 valence electrons. The number of halogens is 5. The molecular formula is C23H19Cl2F3N4O3S. The normalized spacial score (nSPS) is 20.9. The summed E-state index contributed by atoms with van der Waals surface area (Å²) in [7, 11) is 0. The fraction of sp³-hybridized carbons (Fsp3) is 0.348. The maximum atomic E-state index is 12.8. The number of benzene rings is 1. The van der Waals surface area contributed by atoms with Crippen LogP contribution >= 0.6 is 34.5 Å². The van der Waals surface area contributed by atoms with Gasteiger partial charge in [-0.25, -0.2) is 9.78 Å². The van der Waals surface area contributed by atoms with E-state index in [4.69, 9.17) is 23.2 Å². The number of aromatic carboxylic acids is 1. The first kappa shape index (κ1) is 24.9. The van der Waals surface area contributed by atoms with E-state index in [2.05, 4.69) is 15.3 Å². The minimum atomic E-state index is -4.44. The maximum absolute atomic E-state index is 12.8. The minimum absolute atomic E-state index is 0.0299. The zero-order chi connectivity index (χ0) is 25.9. The number of carboxylic acids is 1. The van der Waals surface area contributed by atoms with Crippen LogP contribution in [0.2, 0.25) is 10.0 Å². The first-order chi connectivity index (χ1) is 16.9. The molecule has 7 nitrogen and oxygen atoms in total. The Labute approximate surface area is 217 Å². The second-order valence-electron chi connectivity index (χ2n) is 8.93. The third-order valence-corrected chi connectivity index (χ3v) is 8.67. The van der Waals surface area contributed by atoms with E-state index in [0.717, 1.165) is 23.5 Å². The molecule has 2 aliphatic rings. The monoisotopic (exact) mass is 558 g/mol. The molecule has 3 atom stereocenters. The number of thiazole rings is 1. The molecule has 3 N–H and O–H groups in total. The molecule has 1 aliphatic heterocycles. The van der Waals surface area contributed by atoms with Crippen molar-refractivity contribution in [2.45, 2.75) is 25.6 Å². The van der Waals surface area contributed by atoms with Crippen molar-refractivity contribution in [3.8, 4) is 0 Å². The number of carbonyl (C=O) groups excluding carboxylic acids is 1. The summed E-state index contributed by atoms with van der Waals surface area (Å²) in [5, 5.41) is 13.7. The molecule has 0 spiro atoms. The summed E-state index contributed by atoms with van der Waals surface area (Å²) >= 11 is 13.2. The molecule has 1 amide bonds. The molecule has 1 aliphatic carbocycles. The van der Waals surface area contributed by atoms with Crippen molar-refractivity contribution in [3.05, 3.63) is 67.4 Å². The predicted octanol–water partition coefficient (Wildman–Crippen LogP) is 5.26. The Morgan fingerprint density at radius 3 is 2.36 bits per heavy atom. The standard InChI is InChI=1S/C23H19Cl2F3N4O3S/c1-9-15(24)16(25)18(29-9)20(33)31-17-12-7-32(8-13(12)17)22-30-14(19(36-22)21(34)35)6-10-2-4-11(5-3-10)23(26,27)28/h2-5,12-13,17,29H,6-8H2,1H3,(H,31,33)(H,34,35)/t12-,13+,17-. The number of nitrogens with one attached hydrogen (secondary N) is 2. The van der Waals surface area contributed by atoms with Crippen molar-refractivity contribution >= 4 is 51.5 Å². The van der Waals surface area contributed by atoms with Gasteiger partial charge < -0.3 is 20.3 Å². The first-order valence-electron chi connectivity index (χ1n) is 10.9. The lowest BCUT2D eigenvalue weighted by Gasteiger charge is -2.19. The summed E-state index contributed by atoms with van der Waals surface area (Å²) < 4.78 is 38.4. The van der Waals surface area contributed by atoms with Crippen molar-refractivity contribution < 1.29 is 27.9 Å². The molecule has 1 aromatic carbocycles. The van der Waals surface area contributed by atoms with Gasteiger partial charge in [0.15, 0.2) is 5.13 Å². The zero-order valence-corrected chi connectivity index (χ0v) is 20.9. The topological polar surface area (TPSA) is 98.3 Å². The quantitative estimate of drug-likeness (QED) is 0.383. The van der Waals surface area contributed by atoms with E-state index in [9.17, 15) is 27.9 Å². The van der Waals surface area contributed by atoms with E-state index >= 15 is 0 Å². The molecule has 1 saturated heterocycles. The Balaban J connectivity index is 1.24. The van der Waals surface area contributed by atoms with E-state index in [1.807, 2.05) is 4.90 Å². The number of aryl methyl sites for hydroxylation is 1. The fourth-order valence-electron chi connectivity index (χ4n) is 4.61. The molecule has 0 radical (unpaired) electrons. The molecule has 2 aromatic heterocycles. The zero-order valence-electron chi connectivity index (χ0n) is 18.6. The third kappa shape index (κ3) is 4.55. The van der Waals surface area contributed by atoms with Gasteiger partial charge in [0.05, 0.1) is 21.3 Å².